The molecule has 0 aliphatic carbocycles. The molecule has 3 rings (SSSR count). The Morgan fingerprint density at radius 2 is 2.00 bits per heavy atom. The number of rotatable bonds is 1. The minimum atomic E-state index is 0.670. The van der Waals surface area contributed by atoms with E-state index in [1.807, 2.05) is 31.2 Å². The zero-order valence-electron chi connectivity index (χ0n) is 10.1. The van der Waals surface area contributed by atoms with E-state index in [1.165, 1.54) is 0 Å². The Labute approximate surface area is 109 Å². The summed E-state index contributed by atoms with van der Waals surface area (Å²) in [6, 6.07) is 7.61. The molecule has 90 valence electrons. The number of fused-ring (bicyclic) bond motifs is 3. The second-order valence-electron chi connectivity index (χ2n) is 4.12. The summed E-state index contributed by atoms with van der Waals surface area (Å²) < 4.78 is 5.39. The second-order valence-corrected chi connectivity index (χ2v) is 4.53. The van der Waals surface area contributed by atoms with Crippen molar-refractivity contribution in [3.05, 3.63) is 41.2 Å². The molecule has 0 atom stereocenters. The van der Waals surface area contributed by atoms with E-state index < -0.39 is 0 Å². The molecule has 18 heavy (non-hydrogen) atoms. The maximum atomic E-state index is 6.27. The number of hydrogen-bond acceptors (Lipinski definition) is 3. The third-order valence-electron chi connectivity index (χ3n) is 2.93. The first-order valence-corrected chi connectivity index (χ1v) is 5.97. The standard InChI is InChI=1S/C14H11ClN2O/c1-8-6-11(15)10-7-12(18-2)9-4-3-5-16-13(9)14(10)17-8/h3-7H,1-2H3. The molecule has 0 aliphatic rings. The number of pyridine rings is 2. The molecule has 0 saturated carbocycles. The summed E-state index contributed by atoms with van der Waals surface area (Å²) in [5.41, 5.74) is 2.51. The molecule has 0 N–H and O–H groups in total. The van der Waals surface area contributed by atoms with Crippen molar-refractivity contribution in [3.63, 3.8) is 0 Å². The van der Waals surface area contributed by atoms with E-state index in [0.29, 0.717) is 5.02 Å². The lowest BCUT2D eigenvalue weighted by molar-refractivity contribution is 0.420. The Kier molecular flexibility index (Phi) is 2.56. The highest BCUT2D eigenvalue weighted by atomic mass is 35.5. The fourth-order valence-electron chi connectivity index (χ4n) is 2.13. The van der Waals surface area contributed by atoms with Gasteiger partial charge in [0, 0.05) is 22.7 Å². The van der Waals surface area contributed by atoms with Gasteiger partial charge in [-0.05, 0) is 31.2 Å². The Bertz CT molecular complexity index is 755. The summed E-state index contributed by atoms with van der Waals surface area (Å²) in [4.78, 5) is 8.94. The number of ether oxygens (including phenoxy) is 1. The molecule has 0 amide bonds. The highest BCUT2D eigenvalue weighted by Gasteiger charge is 2.11. The molecule has 0 saturated heterocycles. The van der Waals surface area contributed by atoms with Gasteiger partial charge in [-0.2, -0.15) is 0 Å². The van der Waals surface area contributed by atoms with Crippen LogP contribution >= 0.6 is 11.6 Å². The van der Waals surface area contributed by atoms with Gasteiger partial charge in [-0.15, -0.1) is 0 Å². The Morgan fingerprint density at radius 3 is 2.78 bits per heavy atom. The van der Waals surface area contributed by atoms with Gasteiger partial charge in [0.1, 0.15) is 11.3 Å². The lowest BCUT2D eigenvalue weighted by Crippen LogP contribution is -1.92. The molecule has 0 radical (unpaired) electrons. The van der Waals surface area contributed by atoms with Crippen molar-refractivity contribution < 1.29 is 4.74 Å². The number of aromatic nitrogens is 2. The summed E-state index contributed by atoms with van der Waals surface area (Å²) in [7, 11) is 1.64. The van der Waals surface area contributed by atoms with Crippen LogP contribution in [0.1, 0.15) is 5.69 Å². The maximum Gasteiger partial charge on any atom is 0.129 e. The van der Waals surface area contributed by atoms with Crippen LogP contribution in [0.3, 0.4) is 0 Å². The maximum absolute atomic E-state index is 6.27. The first kappa shape index (κ1) is 11.2. The van der Waals surface area contributed by atoms with Crippen LogP contribution in [0.25, 0.3) is 21.8 Å². The molecule has 3 aromatic rings. The van der Waals surface area contributed by atoms with Crippen LogP contribution < -0.4 is 4.74 Å². The van der Waals surface area contributed by atoms with Crippen molar-refractivity contribution in [2.24, 2.45) is 0 Å². The molecule has 1 aromatic carbocycles. The third-order valence-corrected chi connectivity index (χ3v) is 3.24. The predicted octanol–water partition coefficient (Wildman–Crippen LogP) is 3.75. The molecule has 0 fully saturated rings. The van der Waals surface area contributed by atoms with Crippen LogP contribution in [-0.4, -0.2) is 17.1 Å². The first-order valence-electron chi connectivity index (χ1n) is 5.59. The number of benzene rings is 1. The van der Waals surface area contributed by atoms with E-state index in [4.69, 9.17) is 16.3 Å². The predicted molar refractivity (Wildman–Crippen MR) is 73.3 cm³/mol. The molecule has 2 heterocycles. The molecule has 2 aromatic heterocycles. The normalized spacial score (nSPS) is 11.1. The van der Waals surface area contributed by atoms with E-state index in [-0.39, 0.29) is 0 Å². The van der Waals surface area contributed by atoms with Gasteiger partial charge in [-0.25, -0.2) is 0 Å². The zero-order chi connectivity index (χ0) is 12.7. The average Bonchev–Trinajstić information content (AvgIpc) is 2.38. The molecular weight excluding hydrogens is 248 g/mol. The van der Waals surface area contributed by atoms with Crippen LogP contribution in [0, 0.1) is 6.92 Å². The number of hydrogen-bond donors (Lipinski definition) is 0. The van der Waals surface area contributed by atoms with Gasteiger partial charge in [0.2, 0.25) is 0 Å². The summed E-state index contributed by atoms with van der Waals surface area (Å²) in [6.45, 7) is 1.92. The summed E-state index contributed by atoms with van der Waals surface area (Å²) in [6.07, 6.45) is 1.75. The second kappa shape index (κ2) is 4.10. The molecule has 3 nitrogen and oxygen atoms in total. The van der Waals surface area contributed by atoms with Gasteiger partial charge in [0.25, 0.3) is 0 Å². The van der Waals surface area contributed by atoms with E-state index in [2.05, 4.69) is 9.97 Å². The van der Waals surface area contributed by atoms with Crippen LogP contribution in [0.4, 0.5) is 0 Å². The highest BCUT2D eigenvalue weighted by molar-refractivity contribution is 6.36. The molecular formula is C14H11ClN2O. The smallest absolute Gasteiger partial charge is 0.129 e. The molecule has 0 spiro atoms. The van der Waals surface area contributed by atoms with Crippen LogP contribution in [0.15, 0.2) is 30.5 Å². The number of nitrogens with zero attached hydrogens (tertiary/aromatic N) is 2. The third kappa shape index (κ3) is 1.59. The lowest BCUT2D eigenvalue weighted by atomic mass is 10.1. The fraction of sp³-hybridized carbons (Fsp3) is 0.143. The van der Waals surface area contributed by atoms with Crippen molar-refractivity contribution in [3.8, 4) is 5.75 Å². The molecule has 0 unspecified atom stereocenters. The Morgan fingerprint density at radius 1 is 1.17 bits per heavy atom. The Balaban J connectivity index is 2.59. The van der Waals surface area contributed by atoms with Crippen molar-refractivity contribution in [1.29, 1.82) is 0 Å². The molecule has 4 heteroatoms. The minimum Gasteiger partial charge on any atom is -0.496 e. The van der Waals surface area contributed by atoms with Crippen molar-refractivity contribution in [1.82, 2.24) is 9.97 Å². The SMILES string of the molecule is COc1cc2c(Cl)cc(C)nc2c2ncccc12. The van der Waals surface area contributed by atoms with Gasteiger partial charge in [0.15, 0.2) is 0 Å². The van der Waals surface area contributed by atoms with Crippen molar-refractivity contribution >= 4 is 33.4 Å². The fourth-order valence-corrected chi connectivity index (χ4v) is 2.43. The van der Waals surface area contributed by atoms with Crippen LogP contribution in [0.2, 0.25) is 5.02 Å². The largest absolute Gasteiger partial charge is 0.496 e. The van der Waals surface area contributed by atoms with E-state index in [0.717, 1.165) is 33.2 Å². The zero-order valence-corrected chi connectivity index (χ0v) is 10.8. The van der Waals surface area contributed by atoms with Gasteiger partial charge < -0.3 is 4.74 Å². The van der Waals surface area contributed by atoms with Gasteiger partial charge in [-0.1, -0.05) is 11.6 Å². The minimum absolute atomic E-state index is 0.670. The average molecular weight is 259 g/mol. The van der Waals surface area contributed by atoms with Gasteiger partial charge in [-0.3, -0.25) is 9.97 Å². The number of methoxy groups -OCH3 is 1. The first-order chi connectivity index (χ1) is 8.70. The van der Waals surface area contributed by atoms with E-state index in [1.54, 1.807) is 13.3 Å². The quantitative estimate of drug-likeness (QED) is 0.624. The molecule has 0 aliphatic heterocycles. The highest BCUT2D eigenvalue weighted by Crippen LogP contribution is 2.34. The van der Waals surface area contributed by atoms with Crippen molar-refractivity contribution in [2.45, 2.75) is 6.92 Å². The molecule has 0 bridgehead atoms. The number of halogens is 1. The van der Waals surface area contributed by atoms with Crippen molar-refractivity contribution in [2.75, 3.05) is 7.11 Å². The van der Waals surface area contributed by atoms with E-state index >= 15 is 0 Å². The summed E-state index contributed by atoms with van der Waals surface area (Å²) >= 11 is 6.27. The number of aryl methyl sites for hydroxylation is 1. The Hall–Kier alpha value is -1.87. The van der Waals surface area contributed by atoms with Crippen LogP contribution in [-0.2, 0) is 0 Å². The summed E-state index contributed by atoms with van der Waals surface area (Å²) in [5, 5.41) is 2.48. The lowest BCUT2D eigenvalue weighted by Gasteiger charge is -2.09. The monoisotopic (exact) mass is 258 g/mol. The topological polar surface area (TPSA) is 35.0 Å². The van der Waals surface area contributed by atoms with Gasteiger partial charge >= 0.3 is 0 Å². The van der Waals surface area contributed by atoms with E-state index in [9.17, 15) is 0 Å². The van der Waals surface area contributed by atoms with Gasteiger partial charge in [0.05, 0.1) is 17.6 Å². The van der Waals surface area contributed by atoms with Crippen LogP contribution in [0.5, 0.6) is 5.75 Å². The summed E-state index contributed by atoms with van der Waals surface area (Å²) in [5.74, 6) is 0.762.